The Labute approximate surface area is 136 Å². The number of anilines is 1. The van der Waals surface area contributed by atoms with Crippen molar-refractivity contribution in [3.63, 3.8) is 0 Å². The summed E-state index contributed by atoms with van der Waals surface area (Å²) < 4.78 is 0. The third-order valence-electron chi connectivity index (χ3n) is 5.74. The molecule has 0 aromatic carbocycles. The monoisotopic (exact) mass is 310 g/mol. The molecule has 0 radical (unpaired) electrons. The van der Waals surface area contributed by atoms with E-state index in [-0.39, 0.29) is 35.5 Å². The van der Waals surface area contributed by atoms with Crippen LogP contribution in [0.15, 0.2) is 23.3 Å². The predicted octanol–water partition coefficient (Wildman–Crippen LogP) is 3.18. The molecule has 1 aliphatic heterocycles. The van der Waals surface area contributed by atoms with E-state index >= 15 is 0 Å². The molecular formula is C19H22N2O2. The van der Waals surface area contributed by atoms with Gasteiger partial charge in [-0.25, -0.2) is 9.88 Å². The molecule has 2 amide bonds. The molecule has 0 spiro atoms. The van der Waals surface area contributed by atoms with Crippen LogP contribution in [0.2, 0.25) is 0 Å². The van der Waals surface area contributed by atoms with Crippen LogP contribution in [-0.2, 0) is 9.59 Å². The number of fused-ring (bicyclic) bond motifs is 5. The molecule has 0 N–H and O–H groups in total. The normalized spacial score (nSPS) is 32.0. The highest BCUT2D eigenvalue weighted by Crippen LogP contribution is 2.60. The van der Waals surface area contributed by atoms with Gasteiger partial charge in [0, 0.05) is 5.69 Å². The number of allylic oxidation sites excluding steroid dienone is 2. The minimum Gasteiger partial charge on any atom is -0.274 e. The summed E-state index contributed by atoms with van der Waals surface area (Å²) in [6.45, 7) is 8.09. The zero-order valence-electron chi connectivity index (χ0n) is 14.1. The van der Waals surface area contributed by atoms with Gasteiger partial charge in [-0.2, -0.15) is 0 Å². The number of carbonyl (C=O) groups excluding carboxylic acids is 2. The maximum atomic E-state index is 13.0. The molecule has 4 rings (SSSR count). The quantitative estimate of drug-likeness (QED) is 0.591. The Morgan fingerprint density at radius 3 is 2.09 bits per heavy atom. The molecule has 4 atom stereocenters. The lowest BCUT2D eigenvalue weighted by Crippen LogP contribution is -2.34. The Balaban J connectivity index is 1.77. The largest absolute Gasteiger partial charge is 0.274 e. The van der Waals surface area contributed by atoms with Gasteiger partial charge in [-0.05, 0) is 70.1 Å². The summed E-state index contributed by atoms with van der Waals surface area (Å²) in [5.41, 5.74) is 4.54. The van der Waals surface area contributed by atoms with Crippen molar-refractivity contribution >= 4 is 17.6 Å². The lowest BCUT2D eigenvalue weighted by Gasteiger charge is -2.19. The van der Waals surface area contributed by atoms with Crippen molar-refractivity contribution in [2.75, 3.05) is 4.90 Å². The second-order valence-electron chi connectivity index (χ2n) is 7.45. The van der Waals surface area contributed by atoms with Crippen molar-refractivity contribution in [1.29, 1.82) is 0 Å². The molecular weight excluding hydrogens is 288 g/mol. The summed E-state index contributed by atoms with van der Waals surface area (Å²) in [4.78, 5) is 31.8. The Morgan fingerprint density at radius 2 is 1.61 bits per heavy atom. The van der Waals surface area contributed by atoms with Crippen LogP contribution in [0.3, 0.4) is 0 Å². The van der Waals surface area contributed by atoms with Gasteiger partial charge in [0.1, 0.15) is 5.82 Å². The van der Waals surface area contributed by atoms with Crippen molar-refractivity contribution in [3.8, 4) is 0 Å². The smallest absolute Gasteiger partial charge is 0.239 e. The van der Waals surface area contributed by atoms with Gasteiger partial charge in [-0.3, -0.25) is 9.59 Å². The highest BCUT2D eigenvalue weighted by Gasteiger charge is 2.63. The van der Waals surface area contributed by atoms with Gasteiger partial charge in [-0.1, -0.05) is 11.1 Å². The van der Waals surface area contributed by atoms with Crippen LogP contribution >= 0.6 is 0 Å². The van der Waals surface area contributed by atoms with E-state index in [1.165, 1.54) is 16.0 Å². The van der Waals surface area contributed by atoms with E-state index in [4.69, 9.17) is 0 Å². The van der Waals surface area contributed by atoms with Gasteiger partial charge in [-0.15, -0.1) is 0 Å². The third-order valence-corrected chi connectivity index (χ3v) is 5.74. The van der Waals surface area contributed by atoms with Crippen LogP contribution < -0.4 is 4.90 Å². The molecule has 23 heavy (non-hydrogen) atoms. The summed E-state index contributed by atoms with van der Waals surface area (Å²) in [7, 11) is 0. The molecule has 3 fully saturated rings. The molecule has 120 valence electrons. The molecule has 4 nitrogen and oxygen atoms in total. The minimum absolute atomic E-state index is 0.0385. The van der Waals surface area contributed by atoms with E-state index in [2.05, 4.69) is 18.8 Å². The molecule has 2 aliphatic carbocycles. The third kappa shape index (κ3) is 1.87. The number of aromatic nitrogens is 1. The van der Waals surface area contributed by atoms with Gasteiger partial charge in [0.2, 0.25) is 11.8 Å². The van der Waals surface area contributed by atoms with Crippen molar-refractivity contribution in [2.45, 2.75) is 40.5 Å². The van der Waals surface area contributed by atoms with Gasteiger partial charge >= 0.3 is 0 Å². The number of pyridine rings is 1. The minimum atomic E-state index is -0.159. The number of nitrogens with zero attached hydrogens (tertiary/aromatic N) is 2. The van der Waals surface area contributed by atoms with E-state index in [0.717, 1.165) is 24.1 Å². The maximum absolute atomic E-state index is 13.0. The lowest BCUT2D eigenvalue weighted by atomic mass is 9.81. The van der Waals surface area contributed by atoms with Gasteiger partial charge in [0.05, 0.1) is 11.8 Å². The van der Waals surface area contributed by atoms with E-state index in [1.807, 2.05) is 26.0 Å². The standard InChI is InChI=1S/C19H22N2O2/c1-9(2)15-12-5-6-13(15)17-16(12)18(22)21(19(17)23)14-8-10(3)7-11(4)20-14/h7-8,12-13,16-17H,5-6H2,1-4H3/t12-,13-,16-,17-/m0/s1. The summed E-state index contributed by atoms with van der Waals surface area (Å²) in [5.74, 6) is 0.643. The molecule has 4 heteroatoms. The Kier molecular flexibility index (Phi) is 3.03. The van der Waals surface area contributed by atoms with Crippen LogP contribution in [0.4, 0.5) is 5.82 Å². The molecule has 1 aromatic rings. The van der Waals surface area contributed by atoms with Gasteiger partial charge in [0.15, 0.2) is 0 Å². The fraction of sp³-hybridized carbons (Fsp3) is 0.526. The highest BCUT2D eigenvalue weighted by atomic mass is 16.2. The van der Waals surface area contributed by atoms with Crippen molar-refractivity contribution < 1.29 is 9.59 Å². The Hall–Kier alpha value is -1.97. The topological polar surface area (TPSA) is 50.3 Å². The van der Waals surface area contributed by atoms with E-state index in [0.29, 0.717) is 5.82 Å². The zero-order chi connectivity index (χ0) is 16.5. The maximum Gasteiger partial charge on any atom is 0.239 e. The summed E-state index contributed by atoms with van der Waals surface area (Å²) in [5, 5.41) is 0. The summed E-state index contributed by atoms with van der Waals surface area (Å²) in [6, 6.07) is 3.80. The van der Waals surface area contributed by atoms with E-state index in [9.17, 15) is 9.59 Å². The number of rotatable bonds is 1. The number of carbonyl (C=O) groups is 2. The second-order valence-corrected chi connectivity index (χ2v) is 7.45. The molecule has 1 saturated heterocycles. The summed E-state index contributed by atoms with van der Waals surface area (Å²) >= 11 is 0. The van der Waals surface area contributed by atoms with Crippen LogP contribution in [0.1, 0.15) is 37.9 Å². The number of imide groups is 1. The number of aryl methyl sites for hydroxylation is 2. The van der Waals surface area contributed by atoms with Gasteiger partial charge < -0.3 is 0 Å². The predicted molar refractivity (Wildman–Crippen MR) is 87.8 cm³/mol. The molecule has 2 bridgehead atoms. The number of hydrogen-bond donors (Lipinski definition) is 0. The molecule has 2 saturated carbocycles. The average Bonchev–Trinajstić information content (AvgIpc) is 3.08. The summed E-state index contributed by atoms with van der Waals surface area (Å²) in [6.07, 6.45) is 2.08. The van der Waals surface area contributed by atoms with Crippen molar-refractivity contribution in [3.05, 3.63) is 34.5 Å². The average molecular weight is 310 g/mol. The fourth-order valence-corrected chi connectivity index (χ4v) is 5.15. The number of hydrogen-bond acceptors (Lipinski definition) is 3. The SMILES string of the molecule is CC(C)=C1[C@@H]2CC[C@@H]1[C@@H]1C(=O)N(c3cc(C)cc(C)n3)C(=O)[C@H]12. The first-order valence-corrected chi connectivity index (χ1v) is 8.40. The first-order valence-electron chi connectivity index (χ1n) is 8.40. The van der Waals surface area contributed by atoms with Crippen molar-refractivity contribution in [1.82, 2.24) is 4.98 Å². The van der Waals surface area contributed by atoms with Crippen LogP contribution in [0.5, 0.6) is 0 Å². The second kappa shape index (κ2) is 4.76. The fourth-order valence-electron chi connectivity index (χ4n) is 5.15. The zero-order valence-corrected chi connectivity index (χ0v) is 14.1. The lowest BCUT2D eigenvalue weighted by molar-refractivity contribution is -0.123. The molecule has 1 aromatic heterocycles. The van der Waals surface area contributed by atoms with Crippen LogP contribution in [0.25, 0.3) is 0 Å². The Morgan fingerprint density at radius 1 is 1.04 bits per heavy atom. The van der Waals surface area contributed by atoms with E-state index in [1.54, 1.807) is 0 Å². The Bertz CT molecular complexity index is 708. The van der Waals surface area contributed by atoms with Crippen LogP contribution in [0, 0.1) is 37.5 Å². The molecule has 3 aliphatic rings. The highest BCUT2D eigenvalue weighted by molar-refractivity contribution is 6.22. The van der Waals surface area contributed by atoms with E-state index < -0.39 is 0 Å². The first kappa shape index (κ1) is 14.6. The van der Waals surface area contributed by atoms with Crippen LogP contribution in [-0.4, -0.2) is 16.8 Å². The first-order chi connectivity index (χ1) is 10.9. The van der Waals surface area contributed by atoms with Crippen molar-refractivity contribution in [2.24, 2.45) is 23.7 Å². The molecule has 2 heterocycles. The number of amides is 2. The van der Waals surface area contributed by atoms with Gasteiger partial charge in [0.25, 0.3) is 0 Å². The molecule has 0 unspecified atom stereocenters.